The van der Waals surface area contributed by atoms with Crippen LogP contribution in [0.1, 0.15) is 46.2 Å². The van der Waals surface area contributed by atoms with E-state index in [-0.39, 0.29) is 11.7 Å². The second-order valence-electron chi connectivity index (χ2n) is 6.62. The Morgan fingerprint density at radius 1 is 1.20 bits per heavy atom. The predicted molar refractivity (Wildman–Crippen MR) is 102 cm³/mol. The number of rotatable bonds is 6. The van der Waals surface area contributed by atoms with E-state index in [2.05, 4.69) is 17.3 Å². The van der Waals surface area contributed by atoms with Crippen LogP contribution in [0.5, 0.6) is 0 Å². The number of carbonyl (C=O) groups excluding carboxylic acids is 2. The summed E-state index contributed by atoms with van der Waals surface area (Å²) >= 11 is 1.48. The lowest BCUT2D eigenvalue weighted by atomic mass is 10.1. The molecule has 2 heterocycles. The highest BCUT2D eigenvalue weighted by molar-refractivity contribution is 7.17. The molecule has 0 unspecified atom stereocenters. The van der Waals surface area contributed by atoms with E-state index in [4.69, 9.17) is 0 Å². The molecule has 4 nitrogen and oxygen atoms in total. The topological polar surface area (TPSA) is 49.4 Å². The lowest BCUT2D eigenvalue weighted by Gasteiger charge is -2.19. The quantitative estimate of drug-likeness (QED) is 0.800. The summed E-state index contributed by atoms with van der Waals surface area (Å²) in [5.41, 5.74) is 1.70. The Kier molecular flexibility index (Phi) is 5.66. The first-order valence-electron chi connectivity index (χ1n) is 8.74. The fourth-order valence-electron chi connectivity index (χ4n) is 3.27. The summed E-state index contributed by atoms with van der Waals surface area (Å²) in [7, 11) is 2.15. The van der Waals surface area contributed by atoms with Crippen LogP contribution in [0.2, 0.25) is 0 Å². The van der Waals surface area contributed by atoms with Crippen LogP contribution in [0, 0.1) is 0 Å². The Hall–Kier alpha value is -1.98. The first-order chi connectivity index (χ1) is 12.0. The van der Waals surface area contributed by atoms with Gasteiger partial charge in [0.15, 0.2) is 5.78 Å². The van der Waals surface area contributed by atoms with Crippen LogP contribution < -0.4 is 5.32 Å². The van der Waals surface area contributed by atoms with Gasteiger partial charge in [-0.2, -0.15) is 0 Å². The van der Waals surface area contributed by atoms with E-state index in [1.165, 1.54) is 24.2 Å². The van der Waals surface area contributed by atoms with Gasteiger partial charge < -0.3 is 10.2 Å². The lowest BCUT2D eigenvalue weighted by Crippen LogP contribution is -2.31. The fourth-order valence-corrected chi connectivity index (χ4v) is 4.17. The SMILES string of the molecule is CC(=O)c1ccc(-c2ccc(C(=O)NCC[C@@H]3CCCN3C)cc2)s1. The number of carbonyl (C=O) groups is 2. The maximum absolute atomic E-state index is 12.3. The molecule has 0 spiro atoms. The smallest absolute Gasteiger partial charge is 0.251 e. The lowest BCUT2D eigenvalue weighted by molar-refractivity contribution is 0.0949. The Morgan fingerprint density at radius 3 is 2.56 bits per heavy atom. The number of nitrogens with zero attached hydrogens (tertiary/aromatic N) is 1. The van der Waals surface area contributed by atoms with Crippen LogP contribution in [-0.4, -0.2) is 42.8 Å². The molecule has 1 saturated heterocycles. The van der Waals surface area contributed by atoms with E-state index >= 15 is 0 Å². The van der Waals surface area contributed by atoms with E-state index in [1.54, 1.807) is 6.92 Å². The molecule has 3 rings (SSSR count). The zero-order valence-electron chi connectivity index (χ0n) is 14.7. The molecule has 5 heteroatoms. The van der Waals surface area contributed by atoms with Gasteiger partial charge in [-0.25, -0.2) is 0 Å². The summed E-state index contributed by atoms with van der Waals surface area (Å²) in [4.78, 5) is 27.9. The molecule has 1 aromatic heterocycles. The molecule has 0 bridgehead atoms. The van der Waals surface area contributed by atoms with Crippen LogP contribution in [0.4, 0.5) is 0 Å². The molecule has 1 atom stereocenters. The summed E-state index contributed by atoms with van der Waals surface area (Å²) in [6.07, 6.45) is 3.48. The van der Waals surface area contributed by atoms with Crippen LogP contribution in [0.25, 0.3) is 10.4 Å². The number of hydrogen-bond donors (Lipinski definition) is 1. The molecule has 1 aliphatic heterocycles. The van der Waals surface area contributed by atoms with Gasteiger partial charge in [-0.05, 0) is 69.6 Å². The molecule has 1 aliphatic rings. The molecule has 0 saturated carbocycles. The second-order valence-corrected chi connectivity index (χ2v) is 7.70. The molecule has 25 heavy (non-hydrogen) atoms. The number of hydrogen-bond acceptors (Lipinski definition) is 4. The van der Waals surface area contributed by atoms with Crippen molar-refractivity contribution in [3.05, 3.63) is 46.8 Å². The molecule has 0 aliphatic carbocycles. The third-order valence-electron chi connectivity index (χ3n) is 4.82. The fraction of sp³-hybridized carbons (Fsp3) is 0.400. The predicted octanol–water partition coefficient (Wildman–Crippen LogP) is 3.83. The molecule has 1 aromatic carbocycles. The molecular weight excluding hydrogens is 332 g/mol. The number of amides is 1. The molecule has 2 aromatic rings. The van der Waals surface area contributed by atoms with Crippen molar-refractivity contribution in [3.63, 3.8) is 0 Å². The van der Waals surface area contributed by atoms with E-state index in [9.17, 15) is 9.59 Å². The highest BCUT2D eigenvalue weighted by Gasteiger charge is 2.20. The maximum Gasteiger partial charge on any atom is 0.251 e. The van der Waals surface area contributed by atoms with Gasteiger partial charge in [0.2, 0.25) is 0 Å². The molecule has 132 valence electrons. The van der Waals surface area contributed by atoms with E-state index in [0.29, 0.717) is 18.2 Å². The van der Waals surface area contributed by atoms with Gasteiger partial charge in [0.1, 0.15) is 0 Å². The number of likely N-dealkylation sites (tertiary alicyclic amines) is 1. The van der Waals surface area contributed by atoms with Crippen molar-refractivity contribution >= 4 is 23.0 Å². The number of nitrogens with one attached hydrogen (secondary N) is 1. The largest absolute Gasteiger partial charge is 0.352 e. The van der Waals surface area contributed by atoms with Crippen molar-refractivity contribution < 1.29 is 9.59 Å². The van der Waals surface area contributed by atoms with Gasteiger partial charge in [-0.1, -0.05) is 12.1 Å². The minimum atomic E-state index is -0.0252. The van der Waals surface area contributed by atoms with E-state index in [0.717, 1.165) is 28.3 Å². The summed E-state index contributed by atoms with van der Waals surface area (Å²) in [5.74, 6) is 0.0583. The van der Waals surface area contributed by atoms with Gasteiger partial charge in [-0.15, -0.1) is 11.3 Å². The minimum absolute atomic E-state index is 0.0252. The zero-order valence-corrected chi connectivity index (χ0v) is 15.6. The maximum atomic E-state index is 12.3. The van der Waals surface area contributed by atoms with Crippen molar-refractivity contribution in [3.8, 4) is 10.4 Å². The Balaban J connectivity index is 1.55. The number of ketones is 1. The molecule has 0 radical (unpaired) electrons. The normalized spacial score (nSPS) is 17.6. The highest BCUT2D eigenvalue weighted by Crippen LogP contribution is 2.28. The van der Waals surface area contributed by atoms with E-state index in [1.807, 2.05) is 36.4 Å². The van der Waals surface area contributed by atoms with Gasteiger partial charge in [-0.3, -0.25) is 9.59 Å². The highest BCUT2D eigenvalue weighted by atomic mass is 32.1. The standard InChI is InChI=1S/C20H24N2O2S/c1-14(23)18-9-10-19(25-18)15-5-7-16(8-6-15)20(24)21-12-11-17-4-3-13-22(17)2/h5-10,17H,3-4,11-13H2,1-2H3,(H,21,24)/t17-/m0/s1. The molecule has 1 N–H and O–H groups in total. The average molecular weight is 356 g/mol. The van der Waals surface area contributed by atoms with Crippen molar-refractivity contribution in [2.75, 3.05) is 20.1 Å². The average Bonchev–Trinajstić information content (AvgIpc) is 3.25. The van der Waals surface area contributed by atoms with Gasteiger partial charge >= 0.3 is 0 Å². The molecular formula is C20H24N2O2S. The molecule has 1 amide bonds. The van der Waals surface area contributed by atoms with Crippen LogP contribution in [-0.2, 0) is 0 Å². The number of benzene rings is 1. The summed E-state index contributed by atoms with van der Waals surface area (Å²) in [6.45, 7) is 3.45. The third-order valence-corrected chi connectivity index (χ3v) is 6.05. The Morgan fingerprint density at radius 2 is 1.96 bits per heavy atom. The minimum Gasteiger partial charge on any atom is -0.352 e. The number of thiophene rings is 1. The van der Waals surface area contributed by atoms with Gasteiger partial charge in [0, 0.05) is 23.0 Å². The summed E-state index contributed by atoms with van der Waals surface area (Å²) in [5, 5.41) is 3.02. The number of Topliss-reactive ketones (excluding diaryl/α,β-unsaturated/α-hetero) is 1. The van der Waals surface area contributed by atoms with Crippen molar-refractivity contribution in [2.45, 2.75) is 32.2 Å². The Bertz CT molecular complexity index is 751. The van der Waals surface area contributed by atoms with Gasteiger partial charge in [0.05, 0.1) is 4.88 Å². The molecule has 1 fully saturated rings. The van der Waals surface area contributed by atoms with Crippen molar-refractivity contribution in [2.24, 2.45) is 0 Å². The monoisotopic (exact) mass is 356 g/mol. The van der Waals surface area contributed by atoms with Crippen LogP contribution in [0.3, 0.4) is 0 Å². The van der Waals surface area contributed by atoms with E-state index < -0.39 is 0 Å². The second kappa shape index (κ2) is 7.93. The van der Waals surface area contributed by atoms with Gasteiger partial charge in [0.25, 0.3) is 5.91 Å². The third kappa shape index (κ3) is 4.35. The first-order valence-corrected chi connectivity index (χ1v) is 9.56. The summed E-state index contributed by atoms with van der Waals surface area (Å²) in [6, 6.07) is 12.0. The first kappa shape index (κ1) is 17.8. The van der Waals surface area contributed by atoms with Crippen molar-refractivity contribution in [1.29, 1.82) is 0 Å². The Labute approximate surface area is 152 Å². The van der Waals surface area contributed by atoms with Crippen molar-refractivity contribution in [1.82, 2.24) is 10.2 Å². The van der Waals surface area contributed by atoms with Crippen LogP contribution in [0.15, 0.2) is 36.4 Å². The zero-order chi connectivity index (χ0) is 17.8. The van der Waals surface area contributed by atoms with Crippen LogP contribution >= 0.6 is 11.3 Å². The summed E-state index contributed by atoms with van der Waals surface area (Å²) < 4.78 is 0.